The Bertz CT molecular complexity index is 795. The van der Waals surface area contributed by atoms with E-state index in [-0.39, 0.29) is 35.5 Å². The maximum Gasteiger partial charge on any atom is 0.238 e. The number of allylic oxidation sites excluding steroid dienone is 4. The highest BCUT2D eigenvalue weighted by molar-refractivity contribution is 6.23. The van der Waals surface area contributed by atoms with Crippen molar-refractivity contribution in [1.82, 2.24) is 0 Å². The Balaban J connectivity index is 1.54. The number of ether oxygens (including phenoxy) is 1. The third-order valence-corrected chi connectivity index (χ3v) is 6.34. The van der Waals surface area contributed by atoms with Gasteiger partial charge in [0.2, 0.25) is 11.8 Å². The van der Waals surface area contributed by atoms with E-state index in [2.05, 4.69) is 12.2 Å². The molecule has 25 heavy (non-hydrogen) atoms. The van der Waals surface area contributed by atoms with Gasteiger partial charge in [0, 0.05) is 17.9 Å². The molecule has 1 aromatic rings. The van der Waals surface area contributed by atoms with Gasteiger partial charge >= 0.3 is 0 Å². The Morgan fingerprint density at radius 3 is 2.24 bits per heavy atom. The molecule has 0 aromatic heterocycles. The van der Waals surface area contributed by atoms with Gasteiger partial charge in [-0.05, 0) is 37.8 Å². The average molecular weight is 335 g/mol. The number of nitrogens with zero attached hydrogens (tertiary/aromatic N) is 1. The van der Waals surface area contributed by atoms with Crippen LogP contribution in [0.25, 0.3) is 0 Å². The van der Waals surface area contributed by atoms with E-state index in [9.17, 15) is 9.59 Å². The number of carbonyl (C=O) groups excluding carboxylic acids is 2. The summed E-state index contributed by atoms with van der Waals surface area (Å²) in [7, 11) is 1.59. The second-order valence-corrected chi connectivity index (χ2v) is 7.47. The molecule has 2 amide bonds. The molecular formula is C21H21NO3. The van der Waals surface area contributed by atoms with Crippen LogP contribution in [-0.2, 0) is 9.59 Å². The van der Waals surface area contributed by atoms with Crippen LogP contribution in [0.4, 0.5) is 5.69 Å². The lowest BCUT2D eigenvalue weighted by molar-refractivity contribution is -0.122. The van der Waals surface area contributed by atoms with Gasteiger partial charge in [-0.15, -0.1) is 0 Å². The Hall–Kier alpha value is -2.36. The minimum atomic E-state index is -0.211. The van der Waals surface area contributed by atoms with Crippen LogP contribution in [0.3, 0.4) is 0 Å². The molecule has 4 atom stereocenters. The van der Waals surface area contributed by atoms with Crippen LogP contribution in [0.1, 0.15) is 25.7 Å². The molecule has 2 bridgehead atoms. The number of anilines is 1. The molecule has 0 unspecified atom stereocenters. The predicted octanol–water partition coefficient (Wildman–Crippen LogP) is 3.49. The molecule has 1 saturated heterocycles. The van der Waals surface area contributed by atoms with Gasteiger partial charge in [-0.25, -0.2) is 4.90 Å². The van der Waals surface area contributed by atoms with Gasteiger partial charge in [-0.2, -0.15) is 0 Å². The average Bonchev–Trinajstić information content (AvgIpc) is 3.38. The van der Waals surface area contributed by atoms with Crippen LogP contribution in [-0.4, -0.2) is 18.9 Å². The molecule has 128 valence electrons. The Morgan fingerprint density at radius 2 is 1.64 bits per heavy atom. The lowest BCUT2D eigenvalue weighted by atomic mass is 9.85. The number of imide groups is 1. The maximum atomic E-state index is 13.2. The zero-order valence-corrected chi connectivity index (χ0v) is 14.3. The zero-order valence-electron chi connectivity index (χ0n) is 14.3. The van der Waals surface area contributed by atoms with E-state index >= 15 is 0 Å². The number of hydrogen-bond acceptors (Lipinski definition) is 3. The molecule has 0 spiro atoms. The second-order valence-electron chi connectivity index (χ2n) is 7.47. The topological polar surface area (TPSA) is 46.6 Å². The number of fused-ring (bicyclic) bond motifs is 5. The number of amides is 2. The molecule has 1 aromatic carbocycles. The summed E-state index contributed by atoms with van der Waals surface area (Å²) >= 11 is 0. The van der Waals surface area contributed by atoms with Crippen molar-refractivity contribution in [3.05, 3.63) is 47.6 Å². The smallest absolute Gasteiger partial charge is 0.238 e. The molecule has 3 fully saturated rings. The van der Waals surface area contributed by atoms with E-state index in [4.69, 9.17) is 4.74 Å². The summed E-state index contributed by atoms with van der Waals surface area (Å²) in [5, 5.41) is 0. The maximum absolute atomic E-state index is 13.2. The molecule has 1 aliphatic heterocycles. The van der Waals surface area contributed by atoms with E-state index in [1.165, 1.54) is 28.9 Å². The molecule has 4 heteroatoms. The molecule has 3 aliphatic carbocycles. The highest BCUT2D eigenvalue weighted by atomic mass is 16.5. The van der Waals surface area contributed by atoms with Crippen LogP contribution >= 0.6 is 0 Å². The van der Waals surface area contributed by atoms with Crippen LogP contribution in [0.2, 0.25) is 0 Å². The molecule has 4 aliphatic rings. The van der Waals surface area contributed by atoms with Gasteiger partial charge in [0.1, 0.15) is 5.75 Å². The summed E-state index contributed by atoms with van der Waals surface area (Å²) in [6, 6.07) is 7.22. The van der Waals surface area contributed by atoms with Crippen molar-refractivity contribution in [2.75, 3.05) is 12.0 Å². The van der Waals surface area contributed by atoms with Crippen LogP contribution in [0.5, 0.6) is 5.75 Å². The SMILES string of the molecule is COc1cccc(N2C(=O)[C@@H]3[C@H](C2=O)[C@H]2C=C[C@@H]3C2=C2CCCC2)c1. The van der Waals surface area contributed by atoms with Crippen molar-refractivity contribution >= 4 is 17.5 Å². The van der Waals surface area contributed by atoms with Crippen molar-refractivity contribution in [2.24, 2.45) is 23.7 Å². The number of hydrogen-bond donors (Lipinski definition) is 0. The zero-order chi connectivity index (χ0) is 17.1. The van der Waals surface area contributed by atoms with Crippen molar-refractivity contribution in [2.45, 2.75) is 25.7 Å². The fourth-order valence-corrected chi connectivity index (χ4v) is 5.33. The lowest BCUT2D eigenvalue weighted by Crippen LogP contribution is -2.33. The Labute approximate surface area is 147 Å². The summed E-state index contributed by atoms with van der Waals surface area (Å²) < 4.78 is 5.25. The van der Waals surface area contributed by atoms with Gasteiger partial charge < -0.3 is 4.74 Å². The fraction of sp³-hybridized carbons (Fsp3) is 0.429. The first-order valence-corrected chi connectivity index (χ1v) is 9.12. The Morgan fingerprint density at radius 1 is 1.00 bits per heavy atom. The van der Waals surface area contributed by atoms with E-state index < -0.39 is 0 Å². The Kier molecular flexibility index (Phi) is 3.18. The van der Waals surface area contributed by atoms with Gasteiger partial charge in [-0.3, -0.25) is 9.59 Å². The van der Waals surface area contributed by atoms with Gasteiger partial charge in [0.25, 0.3) is 0 Å². The van der Waals surface area contributed by atoms with Crippen molar-refractivity contribution < 1.29 is 14.3 Å². The lowest BCUT2D eigenvalue weighted by Gasteiger charge is -2.20. The molecule has 5 rings (SSSR count). The van der Waals surface area contributed by atoms with E-state index in [0.717, 1.165) is 12.8 Å². The number of rotatable bonds is 2. The standard InChI is InChI=1S/C21H21NO3/c1-25-14-8-4-7-13(11-14)22-20(23)18-15-9-10-16(19(18)21(22)24)17(15)12-5-2-3-6-12/h4,7-11,15-16,18-19H,2-3,5-6H2,1H3/t15-,16+,18+,19-. The third-order valence-electron chi connectivity index (χ3n) is 6.34. The van der Waals surface area contributed by atoms with Crippen LogP contribution in [0, 0.1) is 23.7 Å². The second kappa shape index (κ2) is 5.32. The molecule has 2 saturated carbocycles. The summed E-state index contributed by atoms with van der Waals surface area (Å²) in [5.41, 5.74) is 3.54. The van der Waals surface area contributed by atoms with Crippen LogP contribution in [0.15, 0.2) is 47.6 Å². The quantitative estimate of drug-likeness (QED) is 0.614. The van der Waals surface area contributed by atoms with E-state index in [1.54, 1.807) is 13.2 Å². The van der Waals surface area contributed by atoms with Crippen molar-refractivity contribution in [3.63, 3.8) is 0 Å². The predicted molar refractivity (Wildman–Crippen MR) is 94.1 cm³/mol. The summed E-state index contributed by atoms with van der Waals surface area (Å²) in [5.74, 6) is 0.413. The summed E-state index contributed by atoms with van der Waals surface area (Å²) in [4.78, 5) is 27.7. The van der Waals surface area contributed by atoms with Crippen molar-refractivity contribution in [1.29, 1.82) is 0 Å². The number of benzene rings is 1. The largest absolute Gasteiger partial charge is 0.497 e. The minimum absolute atomic E-state index is 0.0452. The number of methoxy groups -OCH3 is 1. The normalized spacial score (nSPS) is 32.9. The number of carbonyl (C=O) groups is 2. The molecule has 1 heterocycles. The third kappa shape index (κ3) is 1.94. The highest BCUT2D eigenvalue weighted by Crippen LogP contribution is 2.58. The molecular weight excluding hydrogens is 314 g/mol. The van der Waals surface area contributed by atoms with Crippen LogP contribution < -0.4 is 9.64 Å². The monoisotopic (exact) mass is 335 g/mol. The van der Waals surface area contributed by atoms with Gasteiger partial charge in [0.15, 0.2) is 0 Å². The fourth-order valence-electron chi connectivity index (χ4n) is 5.33. The van der Waals surface area contributed by atoms with E-state index in [0.29, 0.717) is 11.4 Å². The first kappa shape index (κ1) is 14.9. The molecule has 0 N–H and O–H groups in total. The van der Waals surface area contributed by atoms with Gasteiger partial charge in [-0.1, -0.05) is 29.4 Å². The first-order chi connectivity index (χ1) is 12.2. The first-order valence-electron chi connectivity index (χ1n) is 9.12. The summed E-state index contributed by atoms with van der Waals surface area (Å²) in [6.07, 6.45) is 9.12. The molecule has 0 radical (unpaired) electrons. The van der Waals surface area contributed by atoms with E-state index in [1.807, 2.05) is 18.2 Å². The minimum Gasteiger partial charge on any atom is -0.497 e. The van der Waals surface area contributed by atoms with Crippen molar-refractivity contribution in [3.8, 4) is 5.75 Å². The van der Waals surface area contributed by atoms with Gasteiger partial charge in [0.05, 0.1) is 24.6 Å². The molecule has 4 nitrogen and oxygen atoms in total. The highest BCUT2D eigenvalue weighted by Gasteiger charge is 2.62. The summed E-state index contributed by atoms with van der Waals surface area (Å²) in [6.45, 7) is 0.